The summed E-state index contributed by atoms with van der Waals surface area (Å²) in [6.45, 7) is 1.98. The lowest BCUT2D eigenvalue weighted by molar-refractivity contribution is -0.125. The van der Waals surface area contributed by atoms with Crippen LogP contribution in [0.3, 0.4) is 0 Å². The van der Waals surface area contributed by atoms with Gasteiger partial charge in [0, 0.05) is 18.5 Å². The number of allylic oxidation sites excluding steroid dienone is 2. The maximum absolute atomic E-state index is 11.8. The molecule has 0 spiro atoms. The van der Waals surface area contributed by atoms with Gasteiger partial charge in [-0.3, -0.25) is 4.79 Å². The SMILES string of the molecule is O=C(N[C@@H]1CCNC1)C1CC=CCC1. The lowest BCUT2D eigenvalue weighted by Crippen LogP contribution is -2.40. The summed E-state index contributed by atoms with van der Waals surface area (Å²) in [5.74, 6) is 0.476. The van der Waals surface area contributed by atoms with Crippen molar-refractivity contribution in [1.29, 1.82) is 0 Å². The molecule has 2 atom stereocenters. The first kappa shape index (κ1) is 9.71. The number of amides is 1. The van der Waals surface area contributed by atoms with E-state index in [-0.39, 0.29) is 11.8 Å². The van der Waals surface area contributed by atoms with E-state index in [2.05, 4.69) is 22.8 Å². The number of hydrogen-bond acceptors (Lipinski definition) is 2. The molecule has 14 heavy (non-hydrogen) atoms. The van der Waals surface area contributed by atoms with Crippen molar-refractivity contribution in [2.75, 3.05) is 13.1 Å². The van der Waals surface area contributed by atoms with Crippen LogP contribution in [-0.4, -0.2) is 25.0 Å². The van der Waals surface area contributed by atoms with E-state index in [1.807, 2.05) is 0 Å². The molecule has 0 aromatic heterocycles. The molecule has 0 bridgehead atoms. The highest BCUT2D eigenvalue weighted by Crippen LogP contribution is 2.18. The monoisotopic (exact) mass is 194 g/mol. The van der Waals surface area contributed by atoms with Crippen molar-refractivity contribution in [2.45, 2.75) is 31.7 Å². The molecule has 2 aliphatic rings. The van der Waals surface area contributed by atoms with Crippen LogP contribution < -0.4 is 10.6 Å². The minimum absolute atomic E-state index is 0.223. The van der Waals surface area contributed by atoms with Crippen LogP contribution in [0.1, 0.15) is 25.7 Å². The summed E-state index contributed by atoms with van der Waals surface area (Å²) in [6, 6.07) is 0.369. The van der Waals surface area contributed by atoms with Gasteiger partial charge in [-0.15, -0.1) is 0 Å². The molecule has 1 saturated heterocycles. The van der Waals surface area contributed by atoms with Gasteiger partial charge in [-0.2, -0.15) is 0 Å². The van der Waals surface area contributed by atoms with Gasteiger partial charge < -0.3 is 10.6 Å². The van der Waals surface area contributed by atoms with Crippen molar-refractivity contribution < 1.29 is 4.79 Å². The molecular formula is C11H18N2O. The second-order valence-corrected chi connectivity index (χ2v) is 4.18. The molecule has 3 heteroatoms. The minimum Gasteiger partial charge on any atom is -0.352 e. The summed E-state index contributed by atoms with van der Waals surface area (Å²) in [7, 11) is 0. The number of carbonyl (C=O) groups excluding carboxylic acids is 1. The maximum atomic E-state index is 11.8. The van der Waals surface area contributed by atoms with Crippen molar-refractivity contribution >= 4 is 5.91 Å². The molecule has 2 rings (SSSR count). The van der Waals surface area contributed by atoms with Crippen molar-refractivity contribution in [2.24, 2.45) is 5.92 Å². The largest absolute Gasteiger partial charge is 0.352 e. The summed E-state index contributed by atoms with van der Waals surface area (Å²) in [6.07, 6.45) is 8.37. The third-order valence-corrected chi connectivity index (χ3v) is 3.05. The van der Waals surface area contributed by atoms with Gasteiger partial charge >= 0.3 is 0 Å². The highest BCUT2D eigenvalue weighted by atomic mass is 16.1. The molecule has 1 fully saturated rings. The average Bonchev–Trinajstić information content (AvgIpc) is 2.72. The molecule has 1 aliphatic heterocycles. The molecule has 1 aliphatic carbocycles. The van der Waals surface area contributed by atoms with Gasteiger partial charge in [-0.1, -0.05) is 12.2 Å². The van der Waals surface area contributed by atoms with Gasteiger partial charge in [0.2, 0.25) is 5.91 Å². The van der Waals surface area contributed by atoms with E-state index in [1.54, 1.807) is 0 Å². The van der Waals surface area contributed by atoms with Crippen LogP contribution in [0.5, 0.6) is 0 Å². The highest BCUT2D eigenvalue weighted by molar-refractivity contribution is 5.79. The van der Waals surface area contributed by atoms with E-state index in [0.29, 0.717) is 6.04 Å². The van der Waals surface area contributed by atoms with Crippen LogP contribution >= 0.6 is 0 Å². The topological polar surface area (TPSA) is 41.1 Å². The normalized spacial score (nSPS) is 31.7. The Morgan fingerprint density at radius 1 is 1.36 bits per heavy atom. The van der Waals surface area contributed by atoms with E-state index in [1.165, 1.54) is 0 Å². The van der Waals surface area contributed by atoms with Gasteiger partial charge in [0.1, 0.15) is 0 Å². The zero-order chi connectivity index (χ0) is 9.80. The Labute approximate surface area is 84.9 Å². The van der Waals surface area contributed by atoms with Gasteiger partial charge in [0.05, 0.1) is 0 Å². The Hall–Kier alpha value is -0.830. The molecule has 78 valence electrons. The summed E-state index contributed by atoms with van der Waals surface area (Å²) < 4.78 is 0. The van der Waals surface area contributed by atoms with Crippen molar-refractivity contribution in [3.63, 3.8) is 0 Å². The van der Waals surface area contributed by atoms with Gasteiger partial charge in [0.15, 0.2) is 0 Å². The summed E-state index contributed by atoms with van der Waals surface area (Å²) in [4.78, 5) is 11.8. The fourth-order valence-electron chi connectivity index (χ4n) is 2.13. The van der Waals surface area contributed by atoms with E-state index >= 15 is 0 Å². The predicted octanol–water partition coefficient (Wildman–Crippen LogP) is 0.821. The van der Waals surface area contributed by atoms with Crippen LogP contribution in [0.2, 0.25) is 0 Å². The fourth-order valence-corrected chi connectivity index (χ4v) is 2.13. The first-order valence-electron chi connectivity index (χ1n) is 5.52. The quantitative estimate of drug-likeness (QED) is 0.639. The molecule has 0 saturated carbocycles. The Morgan fingerprint density at radius 3 is 2.93 bits per heavy atom. The Kier molecular flexibility index (Phi) is 3.19. The predicted molar refractivity (Wildman–Crippen MR) is 55.9 cm³/mol. The molecule has 1 heterocycles. The Balaban J connectivity index is 1.79. The summed E-state index contributed by atoms with van der Waals surface area (Å²) in [5, 5.41) is 6.37. The molecule has 0 radical (unpaired) electrons. The average molecular weight is 194 g/mol. The van der Waals surface area contributed by atoms with Crippen LogP contribution in [0.15, 0.2) is 12.2 Å². The third kappa shape index (κ3) is 2.35. The van der Waals surface area contributed by atoms with Crippen LogP contribution in [0.4, 0.5) is 0 Å². The van der Waals surface area contributed by atoms with E-state index < -0.39 is 0 Å². The first-order valence-corrected chi connectivity index (χ1v) is 5.52. The lowest BCUT2D eigenvalue weighted by atomic mass is 9.93. The van der Waals surface area contributed by atoms with Gasteiger partial charge in [-0.25, -0.2) is 0 Å². The maximum Gasteiger partial charge on any atom is 0.223 e. The standard InChI is InChI=1S/C11H18N2O/c14-11(9-4-2-1-3-5-9)13-10-6-7-12-8-10/h1-2,9-10,12H,3-8H2,(H,13,14)/t9?,10-/m1/s1. The number of carbonyl (C=O) groups is 1. The molecule has 1 amide bonds. The highest BCUT2D eigenvalue weighted by Gasteiger charge is 2.22. The van der Waals surface area contributed by atoms with Crippen LogP contribution in [0, 0.1) is 5.92 Å². The molecule has 2 N–H and O–H groups in total. The van der Waals surface area contributed by atoms with E-state index in [9.17, 15) is 4.79 Å². The zero-order valence-electron chi connectivity index (χ0n) is 8.46. The Bertz CT molecular complexity index is 231. The smallest absolute Gasteiger partial charge is 0.223 e. The number of hydrogen-bond donors (Lipinski definition) is 2. The zero-order valence-corrected chi connectivity index (χ0v) is 8.46. The third-order valence-electron chi connectivity index (χ3n) is 3.05. The van der Waals surface area contributed by atoms with Crippen LogP contribution in [0.25, 0.3) is 0 Å². The lowest BCUT2D eigenvalue weighted by Gasteiger charge is -2.19. The van der Waals surface area contributed by atoms with Gasteiger partial charge in [0.25, 0.3) is 0 Å². The summed E-state index contributed by atoms with van der Waals surface area (Å²) >= 11 is 0. The minimum atomic E-state index is 0.223. The molecule has 1 unspecified atom stereocenters. The fraction of sp³-hybridized carbons (Fsp3) is 0.727. The molecular weight excluding hydrogens is 176 g/mol. The second kappa shape index (κ2) is 4.60. The molecule has 0 aromatic rings. The van der Waals surface area contributed by atoms with Crippen LogP contribution in [-0.2, 0) is 4.79 Å². The molecule has 3 nitrogen and oxygen atoms in total. The number of nitrogens with one attached hydrogen (secondary N) is 2. The second-order valence-electron chi connectivity index (χ2n) is 4.18. The van der Waals surface area contributed by atoms with E-state index in [4.69, 9.17) is 0 Å². The van der Waals surface area contributed by atoms with Crippen molar-refractivity contribution in [1.82, 2.24) is 10.6 Å². The van der Waals surface area contributed by atoms with Crippen molar-refractivity contribution in [3.05, 3.63) is 12.2 Å². The van der Waals surface area contributed by atoms with Crippen molar-refractivity contribution in [3.8, 4) is 0 Å². The number of rotatable bonds is 2. The molecule has 0 aromatic carbocycles. The summed E-state index contributed by atoms with van der Waals surface area (Å²) in [5.41, 5.74) is 0. The Morgan fingerprint density at radius 2 is 2.29 bits per heavy atom. The van der Waals surface area contributed by atoms with Gasteiger partial charge in [-0.05, 0) is 32.2 Å². The first-order chi connectivity index (χ1) is 6.86. The van der Waals surface area contributed by atoms with E-state index in [0.717, 1.165) is 38.8 Å².